The molecule has 24 heavy (non-hydrogen) atoms. The quantitative estimate of drug-likeness (QED) is 0.844. The molecule has 0 aliphatic heterocycles. The molecule has 2 aliphatic rings. The summed E-state index contributed by atoms with van der Waals surface area (Å²) < 4.78 is 2.05. The maximum atomic E-state index is 12.5. The number of amides is 1. The van der Waals surface area contributed by atoms with Crippen LogP contribution in [0.3, 0.4) is 0 Å². The van der Waals surface area contributed by atoms with Crippen molar-refractivity contribution in [3.63, 3.8) is 0 Å². The molecule has 3 atom stereocenters. The molecule has 0 saturated heterocycles. The monoisotopic (exact) mass is 320 g/mol. The van der Waals surface area contributed by atoms with Gasteiger partial charge in [-0.1, -0.05) is 42.8 Å². The maximum Gasteiger partial charge on any atom is 0.247 e. The first-order chi connectivity index (χ1) is 11.8. The molecule has 2 aliphatic carbocycles. The zero-order valence-corrected chi connectivity index (χ0v) is 14.0. The van der Waals surface area contributed by atoms with Crippen molar-refractivity contribution in [3.8, 4) is 0 Å². The molecule has 1 heterocycles. The lowest BCUT2D eigenvalue weighted by Crippen LogP contribution is -2.23. The van der Waals surface area contributed by atoms with E-state index in [1.807, 2.05) is 47.2 Å². The summed E-state index contributed by atoms with van der Waals surface area (Å²) in [5, 5.41) is 0. The third-order valence-corrected chi connectivity index (χ3v) is 5.67. The number of fused-ring (bicyclic) bond motifs is 2. The largest absolute Gasteiger partial charge is 0.329 e. The van der Waals surface area contributed by atoms with Crippen LogP contribution in [-0.4, -0.2) is 10.5 Å². The molecule has 0 N–H and O–H groups in total. The van der Waals surface area contributed by atoms with E-state index in [0.717, 1.165) is 23.9 Å². The molecular formula is C21H24N2O. The van der Waals surface area contributed by atoms with Crippen molar-refractivity contribution in [1.29, 1.82) is 0 Å². The highest BCUT2D eigenvalue weighted by atomic mass is 16.1. The summed E-state index contributed by atoms with van der Waals surface area (Å²) >= 11 is 0. The van der Waals surface area contributed by atoms with Crippen molar-refractivity contribution in [3.05, 3.63) is 65.8 Å². The number of carbonyl (C=O) groups excluding carboxylic acids is 1. The molecule has 1 aromatic carbocycles. The Morgan fingerprint density at radius 1 is 1.04 bits per heavy atom. The van der Waals surface area contributed by atoms with Crippen LogP contribution in [0.5, 0.6) is 0 Å². The summed E-state index contributed by atoms with van der Waals surface area (Å²) in [7, 11) is 0. The molecule has 4 rings (SSSR count). The molecule has 0 radical (unpaired) electrons. The van der Waals surface area contributed by atoms with Crippen molar-refractivity contribution in [1.82, 2.24) is 4.57 Å². The van der Waals surface area contributed by atoms with Crippen molar-refractivity contribution < 1.29 is 4.79 Å². The van der Waals surface area contributed by atoms with Gasteiger partial charge in [-0.3, -0.25) is 4.79 Å². The number of hydrogen-bond donors (Lipinski definition) is 0. The second kappa shape index (κ2) is 6.76. The molecule has 124 valence electrons. The summed E-state index contributed by atoms with van der Waals surface area (Å²) in [6.45, 7) is 0.738. The number of benzene rings is 1. The van der Waals surface area contributed by atoms with Gasteiger partial charge < -0.3 is 4.57 Å². The predicted octanol–water partition coefficient (Wildman–Crippen LogP) is 3.79. The molecule has 3 unspecified atom stereocenters. The number of rotatable bonds is 4. The summed E-state index contributed by atoms with van der Waals surface area (Å²) in [5.74, 6) is 2.28. The van der Waals surface area contributed by atoms with Gasteiger partial charge in [0.25, 0.3) is 0 Å². The van der Waals surface area contributed by atoms with Crippen molar-refractivity contribution >= 4 is 5.91 Å². The Morgan fingerprint density at radius 2 is 1.88 bits per heavy atom. The first-order valence-corrected chi connectivity index (χ1v) is 9.05. The molecule has 1 aromatic heterocycles. The van der Waals surface area contributed by atoms with Crippen LogP contribution in [0.2, 0.25) is 0 Å². The van der Waals surface area contributed by atoms with E-state index < -0.39 is 0 Å². The standard InChI is InChI=1S/C21H24N2O/c24-21(14-19-13-17-9-10-18(19)12-17)22-20-8-4-5-11-23(20)15-16-6-2-1-3-7-16/h1-8,11,17-19H,9-10,12-15H2. The molecule has 3 heteroatoms. The number of nitrogens with zero attached hydrogens (tertiary/aromatic N) is 2. The number of carbonyl (C=O) groups is 1. The van der Waals surface area contributed by atoms with Crippen LogP contribution in [0.25, 0.3) is 0 Å². The van der Waals surface area contributed by atoms with Gasteiger partial charge in [-0.2, -0.15) is 4.99 Å². The van der Waals surface area contributed by atoms with Gasteiger partial charge in [0, 0.05) is 19.2 Å². The molecule has 3 nitrogen and oxygen atoms in total. The maximum absolute atomic E-state index is 12.5. The van der Waals surface area contributed by atoms with Crippen LogP contribution in [0.4, 0.5) is 0 Å². The van der Waals surface area contributed by atoms with Gasteiger partial charge in [0.15, 0.2) is 0 Å². The van der Waals surface area contributed by atoms with E-state index in [0.29, 0.717) is 12.3 Å². The molecule has 2 aromatic rings. The average molecular weight is 320 g/mol. The minimum Gasteiger partial charge on any atom is -0.329 e. The highest BCUT2D eigenvalue weighted by Crippen LogP contribution is 2.49. The normalized spacial score (nSPS) is 26.0. The Balaban J connectivity index is 1.50. The van der Waals surface area contributed by atoms with E-state index in [2.05, 4.69) is 17.1 Å². The molecule has 2 fully saturated rings. The van der Waals surface area contributed by atoms with Gasteiger partial charge in [-0.05, 0) is 54.7 Å². The minimum absolute atomic E-state index is 0.0422. The topological polar surface area (TPSA) is 34.4 Å². The second-order valence-corrected chi connectivity index (χ2v) is 7.32. The van der Waals surface area contributed by atoms with Gasteiger partial charge in [0.1, 0.15) is 5.49 Å². The lowest BCUT2D eigenvalue weighted by Gasteiger charge is -2.19. The Morgan fingerprint density at radius 3 is 2.62 bits per heavy atom. The highest BCUT2D eigenvalue weighted by molar-refractivity contribution is 5.77. The third kappa shape index (κ3) is 3.35. The second-order valence-electron chi connectivity index (χ2n) is 7.32. The first-order valence-electron chi connectivity index (χ1n) is 9.05. The van der Waals surface area contributed by atoms with E-state index in [-0.39, 0.29) is 5.91 Å². The van der Waals surface area contributed by atoms with Gasteiger partial charge >= 0.3 is 0 Å². The Kier molecular flexibility index (Phi) is 4.33. The molecular weight excluding hydrogens is 296 g/mol. The zero-order valence-electron chi connectivity index (χ0n) is 14.0. The molecule has 2 saturated carbocycles. The van der Waals surface area contributed by atoms with Crippen LogP contribution >= 0.6 is 0 Å². The van der Waals surface area contributed by atoms with Gasteiger partial charge in [0.2, 0.25) is 5.91 Å². The van der Waals surface area contributed by atoms with Crippen LogP contribution < -0.4 is 5.49 Å². The fraction of sp³-hybridized carbons (Fsp3) is 0.429. The number of pyridine rings is 1. The van der Waals surface area contributed by atoms with Crippen molar-refractivity contribution in [2.75, 3.05) is 0 Å². The highest BCUT2D eigenvalue weighted by Gasteiger charge is 2.40. The molecule has 2 bridgehead atoms. The average Bonchev–Trinajstić information content (AvgIpc) is 3.20. The Hall–Kier alpha value is -2.16. The lowest BCUT2D eigenvalue weighted by molar-refractivity contribution is -0.119. The summed E-state index contributed by atoms with van der Waals surface area (Å²) in [4.78, 5) is 16.9. The Bertz CT molecular complexity index is 778. The predicted molar refractivity (Wildman–Crippen MR) is 94.1 cm³/mol. The smallest absolute Gasteiger partial charge is 0.247 e. The van der Waals surface area contributed by atoms with E-state index in [4.69, 9.17) is 0 Å². The van der Waals surface area contributed by atoms with Crippen LogP contribution in [0.15, 0.2) is 59.7 Å². The van der Waals surface area contributed by atoms with Gasteiger partial charge in [-0.25, -0.2) is 0 Å². The molecule has 0 spiro atoms. The first kappa shape index (κ1) is 15.4. The SMILES string of the molecule is O=C(CC1CC2CCC1C2)N=c1ccccn1Cc1ccccc1. The fourth-order valence-corrected chi connectivity index (χ4v) is 4.51. The number of aromatic nitrogens is 1. The van der Waals surface area contributed by atoms with Gasteiger partial charge in [0.05, 0.1) is 0 Å². The summed E-state index contributed by atoms with van der Waals surface area (Å²) in [5.41, 5.74) is 1.97. The van der Waals surface area contributed by atoms with Crippen LogP contribution in [0.1, 0.15) is 37.7 Å². The lowest BCUT2D eigenvalue weighted by atomic mass is 9.86. The molecule has 1 amide bonds. The Labute approximate surface area is 143 Å². The number of hydrogen-bond acceptors (Lipinski definition) is 1. The van der Waals surface area contributed by atoms with Crippen molar-refractivity contribution in [2.24, 2.45) is 22.7 Å². The minimum atomic E-state index is 0.0422. The third-order valence-electron chi connectivity index (χ3n) is 5.67. The van der Waals surface area contributed by atoms with Gasteiger partial charge in [-0.15, -0.1) is 0 Å². The zero-order chi connectivity index (χ0) is 16.4. The van der Waals surface area contributed by atoms with E-state index in [1.54, 1.807) is 0 Å². The summed E-state index contributed by atoms with van der Waals surface area (Å²) in [6, 6.07) is 16.2. The van der Waals surface area contributed by atoms with E-state index in [1.165, 1.54) is 31.2 Å². The van der Waals surface area contributed by atoms with Crippen LogP contribution in [-0.2, 0) is 11.3 Å². The van der Waals surface area contributed by atoms with E-state index in [9.17, 15) is 4.79 Å². The van der Waals surface area contributed by atoms with Crippen LogP contribution in [0, 0.1) is 17.8 Å². The fourth-order valence-electron chi connectivity index (χ4n) is 4.51. The summed E-state index contributed by atoms with van der Waals surface area (Å²) in [6.07, 6.45) is 7.91. The van der Waals surface area contributed by atoms with E-state index >= 15 is 0 Å². The van der Waals surface area contributed by atoms with Crippen molar-refractivity contribution in [2.45, 2.75) is 38.6 Å².